The summed E-state index contributed by atoms with van der Waals surface area (Å²) in [5, 5.41) is 15.6. The zero-order valence-electron chi connectivity index (χ0n) is 15.0. The van der Waals surface area contributed by atoms with Crippen molar-refractivity contribution >= 4 is 23.7 Å². The lowest BCUT2D eigenvalue weighted by atomic mass is 10.2. The first-order valence-corrected chi connectivity index (χ1v) is 8.70. The lowest BCUT2D eigenvalue weighted by Gasteiger charge is -2.13. The molecule has 6 heteroatoms. The predicted octanol–water partition coefficient (Wildman–Crippen LogP) is 3.92. The summed E-state index contributed by atoms with van der Waals surface area (Å²) in [6, 6.07) is 17.3. The Morgan fingerprint density at radius 2 is 1.62 bits per heavy atom. The highest BCUT2D eigenvalue weighted by molar-refractivity contribution is 7.99. The molecular formula is C20H23NO4S. The molecule has 0 saturated heterocycles. The molecule has 5 nitrogen and oxygen atoms in total. The lowest BCUT2D eigenvalue weighted by Crippen LogP contribution is -2.11. The van der Waals surface area contributed by atoms with Crippen LogP contribution in [0.4, 0.5) is 0 Å². The molecule has 2 rings (SSSR count). The van der Waals surface area contributed by atoms with Gasteiger partial charge >= 0.3 is 11.9 Å². The monoisotopic (exact) mass is 373 g/mol. The van der Waals surface area contributed by atoms with Crippen LogP contribution in [0.15, 0.2) is 70.5 Å². The van der Waals surface area contributed by atoms with Gasteiger partial charge in [0.05, 0.1) is 0 Å². The third-order valence-corrected chi connectivity index (χ3v) is 4.15. The SMILES string of the molecule is Cc1cccc(Sc2ccccc2CN(C)C)c1.O=C(O)/C=C\C(=O)O. The molecule has 0 aliphatic rings. The molecule has 0 radical (unpaired) electrons. The van der Waals surface area contributed by atoms with Crippen molar-refractivity contribution < 1.29 is 19.8 Å². The zero-order valence-corrected chi connectivity index (χ0v) is 15.9. The number of carbonyl (C=O) groups is 2. The van der Waals surface area contributed by atoms with Crippen molar-refractivity contribution in [1.82, 2.24) is 4.90 Å². The largest absolute Gasteiger partial charge is 0.478 e. The van der Waals surface area contributed by atoms with Crippen LogP contribution in [0.1, 0.15) is 11.1 Å². The fourth-order valence-corrected chi connectivity index (χ4v) is 3.08. The van der Waals surface area contributed by atoms with E-state index in [1.165, 1.54) is 20.9 Å². The number of hydrogen-bond acceptors (Lipinski definition) is 4. The Bertz CT molecular complexity index is 756. The molecule has 2 N–H and O–H groups in total. The van der Waals surface area contributed by atoms with Gasteiger partial charge in [-0.2, -0.15) is 0 Å². The molecular weight excluding hydrogens is 350 g/mol. The molecule has 0 saturated carbocycles. The van der Waals surface area contributed by atoms with Crippen LogP contribution >= 0.6 is 11.8 Å². The molecule has 0 fully saturated rings. The van der Waals surface area contributed by atoms with Crippen molar-refractivity contribution in [3.8, 4) is 0 Å². The Morgan fingerprint density at radius 1 is 1.00 bits per heavy atom. The normalized spacial score (nSPS) is 10.5. The molecule has 2 aromatic rings. The quantitative estimate of drug-likeness (QED) is 0.747. The molecule has 0 heterocycles. The highest BCUT2D eigenvalue weighted by atomic mass is 32.2. The second kappa shape index (κ2) is 11.1. The van der Waals surface area contributed by atoms with Crippen LogP contribution in [-0.2, 0) is 16.1 Å². The van der Waals surface area contributed by atoms with Crippen LogP contribution in [0.2, 0.25) is 0 Å². The molecule has 0 unspecified atom stereocenters. The third kappa shape index (κ3) is 9.05. The molecule has 0 spiro atoms. The van der Waals surface area contributed by atoms with E-state index in [0.717, 1.165) is 6.54 Å². The summed E-state index contributed by atoms with van der Waals surface area (Å²) >= 11 is 1.84. The Kier molecular flexibility index (Phi) is 9.19. The minimum atomic E-state index is -1.26. The van der Waals surface area contributed by atoms with Crippen molar-refractivity contribution in [2.75, 3.05) is 14.1 Å². The highest BCUT2D eigenvalue weighted by Crippen LogP contribution is 2.31. The molecule has 0 aromatic heterocycles. The van der Waals surface area contributed by atoms with Crippen LogP contribution < -0.4 is 0 Å². The summed E-state index contributed by atoms with van der Waals surface area (Å²) in [6.45, 7) is 3.12. The summed E-state index contributed by atoms with van der Waals surface area (Å²) in [4.78, 5) is 24.0. The molecule has 0 bridgehead atoms. The maximum atomic E-state index is 9.55. The number of rotatable bonds is 6. The lowest BCUT2D eigenvalue weighted by molar-refractivity contribution is -0.134. The van der Waals surface area contributed by atoms with E-state index in [-0.39, 0.29) is 0 Å². The number of benzene rings is 2. The second-order valence-corrected chi connectivity index (χ2v) is 6.89. The second-order valence-electron chi connectivity index (χ2n) is 5.77. The van der Waals surface area contributed by atoms with Crippen molar-refractivity contribution in [2.45, 2.75) is 23.3 Å². The third-order valence-electron chi connectivity index (χ3n) is 3.05. The Morgan fingerprint density at radius 3 is 2.15 bits per heavy atom. The first-order valence-electron chi connectivity index (χ1n) is 7.89. The maximum absolute atomic E-state index is 9.55. The van der Waals surface area contributed by atoms with Crippen LogP contribution in [0.25, 0.3) is 0 Å². The first kappa shape index (κ1) is 21.5. The van der Waals surface area contributed by atoms with Gasteiger partial charge in [-0.1, -0.05) is 47.7 Å². The van der Waals surface area contributed by atoms with E-state index in [0.29, 0.717) is 12.2 Å². The summed E-state index contributed by atoms with van der Waals surface area (Å²) in [7, 11) is 4.21. The van der Waals surface area contributed by atoms with E-state index in [4.69, 9.17) is 10.2 Å². The number of nitrogens with zero attached hydrogens (tertiary/aromatic N) is 1. The van der Waals surface area contributed by atoms with Crippen molar-refractivity contribution in [3.63, 3.8) is 0 Å². The fraction of sp³-hybridized carbons (Fsp3) is 0.200. The molecule has 138 valence electrons. The number of carboxylic acids is 2. The van der Waals surface area contributed by atoms with Crippen LogP contribution in [-0.4, -0.2) is 41.1 Å². The summed E-state index contributed by atoms with van der Waals surface area (Å²) in [6.07, 6.45) is 1.12. The van der Waals surface area contributed by atoms with Gasteiger partial charge in [0.1, 0.15) is 0 Å². The van der Waals surface area contributed by atoms with Gasteiger partial charge < -0.3 is 15.1 Å². The van der Waals surface area contributed by atoms with Gasteiger partial charge in [0.2, 0.25) is 0 Å². The molecule has 0 aliphatic heterocycles. The molecule has 26 heavy (non-hydrogen) atoms. The number of hydrogen-bond donors (Lipinski definition) is 2. The topological polar surface area (TPSA) is 77.8 Å². The van der Waals surface area contributed by atoms with E-state index in [2.05, 4.69) is 74.4 Å². The number of aliphatic carboxylic acids is 2. The van der Waals surface area contributed by atoms with E-state index < -0.39 is 11.9 Å². The van der Waals surface area contributed by atoms with Crippen LogP contribution in [0.3, 0.4) is 0 Å². The minimum absolute atomic E-state index is 0.558. The number of carboxylic acid groups (broad SMARTS) is 2. The standard InChI is InChI=1S/C16H19NS.C4H4O4/c1-13-7-6-9-15(11-13)18-16-10-5-4-8-14(16)12-17(2)3;5-3(6)1-2-4(7)8/h4-11H,12H2,1-3H3;1-2H,(H,5,6)(H,7,8)/b;2-1-. The smallest absolute Gasteiger partial charge is 0.328 e. The van der Waals surface area contributed by atoms with Gasteiger partial charge in [0.15, 0.2) is 0 Å². The first-order chi connectivity index (χ1) is 12.3. The highest BCUT2D eigenvalue weighted by Gasteiger charge is 2.05. The Labute approximate surface area is 158 Å². The molecule has 0 aliphatic carbocycles. The van der Waals surface area contributed by atoms with Gasteiger partial charge in [-0.05, 0) is 44.8 Å². The summed E-state index contributed by atoms with van der Waals surface area (Å²) < 4.78 is 0. The van der Waals surface area contributed by atoms with Crippen LogP contribution in [0.5, 0.6) is 0 Å². The number of aryl methyl sites for hydroxylation is 1. The van der Waals surface area contributed by atoms with Gasteiger partial charge in [-0.15, -0.1) is 0 Å². The predicted molar refractivity (Wildman–Crippen MR) is 104 cm³/mol. The Balaban J connectivity index is 0.000000359. The zero-order chi connectivity index (χ0) is 19.5. The average molecular weight is 373 g/mol. The van der Waals surface area contributed by atoms with Gasteiger partial charge in [0.25, 0.3) is 0 Å². The Hall–Kier alpha value is -2.57. The average Bonchev–Trinajstić information content (AvgIpc) is 2.55. The van der Waals surface area contributed by atoms with Crippen molar-refractivity contribution in [1.29, 1.82) is 0 Å². The van der Waals surface area contributed by atoms with Crippen molar-refractivity contribution in [2.24, 2.45) is 0 Å². The van der Waals surface area contributed by atoms with Gasteiger partial charge in [-0.3, -0.25) is 0 Å². The summed E-state index contributed by atoms with van der Waals surface area (Å²) in [5.41, 5.74) is 2.69. The van der Waals surface area contributed by atoms with Crippen molar-refractivity contribution in [3.05, 3.63) is 71.8 Å². The van der Waals surface area contributed by atoms with Crippen LogP contribution in [0, 0.1) is 6.92 Å². The van der Waals surface area contributed by atoms with Gasteiger partial charge in [0, 0.05) is 28.5 Å². The van der Waals surface area contributed by atoms with E-state index in [1.807, 2.05) is 11.8 Å². The van der Waals surface area contributed by atoms with E-state index in [1.54, 1.807) is 0 Å². The van der Waals surface area contributed by atoms with E-state index >= 15 is 0 Å². The van der Waals surface area contributed by atoms with Gasteiger partial charge in [-0.25, -0.2) is 9.59 Å². The summed E-state index contributed by atoms with van der Waals surface area (Å²) in [5.74, 6) is -2.51. The molecule has 0 atom stereocenters. The maximum Gasteiger partial charge on any atom is 0.328 e. The van der Waals surface area contributed by atoms with E-state index in [9.17, 15) is 9.59 Å². The fourth-order valence-electron chi connectivity index (χ4n) is 2.02. The molecule has 2 aromatic carbocycles. The minimum Gasteiger partial charge on any atom is -0.478 e. The molecule has 0 amide bonds.